The van der Waals surface area contributed by atoms with E-state index in [-0.39, 0.29) is 6.03 Å². The molecule has 2 amide bonds. The van der Waals surface area contributed by atoms with Gasteiger partial charge in [0, 0.05) is 37.7 Å². The molecule has 2 aromatic rings. The summed E-state index contributed by atoms with van der Waals surface area (Å²) < 4.78 is 0. The molecule has 1 saturated heterocycles. The van der Waals surface area contributed by atoms with E-state index in [2.05, 4.69) is 40.5 Å². The molecule has 138 valence electrons. The van der Waals surface area contributed by atoms with Gasteiger partial charge < -0.3 is 10.2 Å². The summed E-state index contributed by atoms with van der Waals surface area (Å²) in [5.41, 5.74) is 2.45. The lowest BCUT2D eigenvalue weighted by Gasteiger charge is -2.34. The fourth-order valence-electron chi connectivity index (χ4n) is 3.22. The van der Waals surface area contributed by atoms with Crippen LogP contribution >= 0.6 is 11.6 Å². The molecule has 0 spiro atoms. The Morgan fingerprint density at radius 3 is 2.31 bits per heavy atom. The molecule has 0 aliphatic carbocycles. The number of benzene rings is 2. The Morgan fingerprint density at radius 2 is 1.62 bits per heavy atom. The molecule has 1 fully saturated rings. The van der Waals surface area contributed by atoms with Gasteiger partial charge in [-0.15, -0.1) is 0 Å². The van der Waals surface area contributed by atoms with Crippen molar-refractivity contribution in [1.82, 2.24) is 15.1 Å². The number of hydrogen-bond acceptors (Lipinski definition) is 2. The van der Waals surface area contributed by atoms with Crippen molar-refractivity contribution in [3.05, 3.63) is 70.7 Å². The molecule has 0 radical (unpaired) electrons. The van der Waals surface area contributed by atoms with Crippen molar-refractivity contribution in [3.8, 4) is 0 Å². The summed E-state index contributed by atoms with van der Waals surface area (Å²) in [7, 11) is 0. The highest BCUT2D eigenvalue weighted by molar-refractivity contribution is 6.30. The van der Waals surface area contributed by atoms with Crippen molar-refractivity contribution in [2.75, 3.05) is 32.7 Å². The Kier molecular flexibility index (Phi) is 6.92. The lowest BCUT2D eigenvalue weighted by atomic mass is 10.1. The minimum atomic E-state index is 0.0175. The van der Waals surface area contributed by atoms with Crippen LogP contribution < -0.4 is 5.32 Å². The number of aryl methyl sites for hydroxylation is 1. The van der Waals surface area contributed by atoms with E-state index in [0.717, 1.165) is 51.1 Å². The minimum absolute atomic E-state index is 0.0175. The van der Waals surface area contributed by atoms with Crippen molar-refractivity contribution in [2.45, 2.75) is 19.4 Å². The number of rotatable bonds is 6. The van der Waals surface area contributed by atoms with E-state index >= 15 is 0 Å². The topological polar surface area (TPSA) is 35.6 Å². The van der Waals surface area contributed by atoms with Crippen LogP contribution in [-0.2, 0) is 13.0 Å². The molecule has 0 aromatic heterocycles. The first-order chi connectivity index (χ1) is 12.7. The zero-order chi connectivity index (χ0) is 18.2. The zero-order valence-corrected chi connectivity index (χ0v) is 15.8. The third-order valence-corrected chi connectivity index (χ3v) is 5.05. The van der Waals surface area contributed by atoms with Gasteiger partial charge in [-0.3, -0.25) is 4.90 Å². The first-order valence-electron chi connectivity index (χ1n) is 9.24. The molecular weight excluding hydrogens is 346 g/mol. The Morgan fingerprint density at radius 1 is 0.923 bits per heavy atom. The molecule has 0 bridgehead atoms. The predicted octanol–water partition coefficient (Wildman–Crippen LogP) is 3.80. The standard InChI is InChI=1S/C21H26ClN3O/c22-20-10-8-19(9-11-20)17-23-21(26)25-15-13-24(14-16-25)12-4-7-18-5-2-1-3-6-18/h1-3,5-6,8-11H,4,7,12-17H2,(H,23,26). The maximum absolute atomic E-state index is 12.3. The highest BCUT2D eigenvalue weighted by Gasteiger charge is 2.20. The number of halogens is 1. The fraction of sp³-hybridized carbons (Fsp3) is 0.381. The minimum Gasteiger partial charge on any atom is -0.334 e. The van der Waals surface area contributed by atoms with Crippen LogP contribution in [0.25, 0.3) is 0 Å². The molecule has 0 saturated carbocycles. The number of nitrogens with zero attached hydrogens (tertiary/aromatic N) is 2. The monoisotopic (exact) mass is 371 g/mol. The molecule has 1 aliphatic rings. The van der Waals surface area contributed by atoms with E-state index in [4.69, 9.17) is 11.6 Å². The van der Waals surface area contributed by atoms with Crippen LogP contribution in [0.5, 0.6) is 0 Å². The molecule has 0 unspecified atom stereocenters. The van der Waals surface area contributed by atoms with E-state index in [1.54, 1.807) is 0 Å². The molecule has 1 heterocycles. The third-order valence-electron chi connectivity index (χ3n) is 4.80. The van der Waals surface area contributed by atoms with E-state index in [9.17, 15) is 4.79 Å². The van der Waals surface area contributed by atoms with Crippen molar-refractivity contribution in [2.24, 2.45) is 0 Å². The summed E-state index contributed by atoms with van der Waals surface area (Å²) in [6, 6.07) is 18.2. The molecule has 0 atom stereocenters. The van der Waals surface area contributed by atoms with Gasteiger partial charge in [-0.05, 0) is 42.6 Å². The molecule has 1 N–H and O–H groups in total. The highest BCUT2D eigenvalue weighted by Crippen LogP contribution is 2.10. The van der Waals surface area contributed by atoms with Crippen molar-refractivity contribution in [3.63, 3.8) is 0 Å². The van der Waals surface area contributed by atoms with Crippen LogP contribution in [0, 0.1) is 0 Å². The second-order valence-electron chi connectivity index (χ2n) is 6.70. The third kappa shape index (κ3) is 5.75. The normalized spacial score (nSPS) is 15.0. The van der Waals surface area contributed by atoms with Crippen molar-refractivity contribution in [1.29, 1.82) is 0 Å². The van der Waals surface area contributed by atoms with Gasteiger partial charge in [0.1, 0.15) is 0 Å². The second-order valence-corrected chi connectivity index (χ2v) is 7.14. The zero-order valence-electron chi connectivity index (χ0n) is 15.0. The maximum atomic E-state index is 12.3. The van der Waals surface area contributed by atoms with Crippen LogP contribution in [0.3, 0.4) is 0 Å². The number of carbonyl (C=O) groups excluding carboxylic acids is 1. The lowest BCUT2D eigenvalue weighted by molar-refractivity contribution is 0.138. The Hall–Kier alpha value is -2.04. The van der Waals surface area contributed by atoms with E-state index in [1.807, 2.05) is 29.2 Å². The Balaban J connectivity index is 1.33. The van der Waals surface area contributed by atoms with Gasteiger partial charge in [-0.2, -0.15) is 0 Å². The first-order valence-corrected chi connectivity index (χ1v) is 9.62. The van der Waals surface area contributed by atoms with Crippen LogP contribution in [-0.4, -0.2) is 48.6 Å². The summed E-state index contributed by atoms with van der Waals surface area (Å²) in [5, 5.41) is 3.70. The SMILES string of the molecule is O=C(NCc1ccc(Cl)cc1)N1CCN(CCCc2ccccc2)CC1. The van der Waals surface area contributed by atoms with E-state index in [0.29, 0.717) is 11.6 Å². The van der Waals surface area contributed by atoms with Crippen LogP contribution in [0.2, 0.25) is 5.02 Å². The van der Waals surface area contributed by atoms with Gasteiger partial charge in [0.25, 0.3) is 0 Å². The number of urea groups is 1. The predicted molar refractivity (Wildman–Crippen MR) is 106 cm³/mol. The number of nitrogens with one attached hydrogen (secondary N) is 1. The smallest absolute Gasteiger partial charge is 0.317 e. The number of amides is 2. The van der Waals surface area contributed by atoms with Crippen molar-refractivity contribution >= 4 is 17.6 Å². The number of carbonyl (C=O) groups is 1. The summed E-state index contributed by atoms with van der Waals surface area (Å²) >= 11 is 5.88. The Labute approximate surface area is 160 Å². The summed E-state index contributed by atoms with van der Waals surface area (Å²) in [6.45, 7) is 5.10. The average molecular weight is 372 g/mol. The van der Waals surface area contributed by atoms with Crippen LogP contribution in [0.4, 0.5) is 4.79 Å². The van der Waals surface area contributed by atoms with Gasteiger partial charge in [0.15, 0.2) is 0 Å². The largest absolute Gasteiger partial charge is 0.334 e. The number of piperazine rings is 1. The fourth-order valence-corrected chi connectivity index (χ4v) is 3.34. The molecular formula is C21H26ClN3O. The average Bonchev–Trinajstić information content (AvgIpc) is 2.69. The quantitative estimate of drug-likeness (QED) is 0.838. The van der Waals surface area contributed by atoms with Gasteiger partial charge in [0.2, 0.25) is 0 Å². The molecule has 1 aliphatic heterocycles. The van der Waals surface area contributed by atoms with Gasteiger partial charge in [0.05, 0.1) is 0 Å². The van der Waals surface area contributed by atoms with Crippen molar-refractivity contribution < 1.29 is 4.79 Å². The summed E-state index contributed by atoms with van der Waals surface area (Å²) in [4.78, 5) is 16.7. The van der Waals surface area contributed by atoms with Gasteiger partial charge in [-0.25, -0.2) is 4.79 Å². The molecule has 2 aromatic carbocycles. The molecule has 5 heteroatoms. The first kappa shape index (κ1) is 18.7. The lowest BCUT2D eigenvalue weighted by Crippen LogP contribution is -2.51. The van der Waals surface area contributed by atoms with E-state index in [1.165, 1.54) is 5.56 Å². The van der Waals surface area contributed by atoms with Gasteiger partial charge >= 0.3 is 6.03 Å². The second kappa shape index (κ2) is 9.60. The molecule has 3 rings (SSSR count). The van der Waals surface area contributed by atoms with Crippen LogP contribution in [0.1, 0.15) is 17.5 Å². The summed E-state index contributed by atoms with van der Waals surface area (Å²) in [6.07, 6.45) is 2.27. The molecule has 4 nitrogen and oxygen atoms in total. The highest BCUT2D eigenvalue weighted by atomic mass is 35.5. The summed E-state index contributed by atoms with van der Waals surface area (Å²) in [5.74, 6) is 0. The van der Waals surface area contributed by atoms with Gasteiger partial charge in [-0.1, -0.05) is 54.1 Å². The van der Waals surface area contributed by atoms with Crippen LogP contribution in [0.15, 0.2) is 54.6 Å². The van der Waals surface area contributed by atoms with E-state index < -0.39 is 0 Å². The maximum Gasteiger partial charge on any atom is 0.317 e. The molecule has 26 heavy (non-hydrogen) atoms. The Bertz CT molecular complexity index is 682. The number of hydrogen-bond donors (Lipinski definition) is 1.